The summed E-state index contributed by atoms with van der Waals surface area (Å²) >= 11 is 0. The number of aliphatic imine (C=N–C) groups is 1. The van der Waals surface area contributed by atoms with Crippen molar-refractivity contribution in [2.45, 2.75) is 33.1 Å². The number of carbonyl (C=O) groups is 1. The molecule has 0 spiro atoms. The first kappa shape index (κ1) is 16.1. The van der Waals surface area contributed by atoms with E-state index in [9.17, 15) is 9.18 Å². The van der Waals surface area contributed by atoms with Gasteiger partial charge >= 0.3 is 5.97 Å². The van der Waals surface area contributed by atoms with Crippen LogP contribution in [0.5, 0.6) is 0 Å². The molecule has 0 atom stereocenters. The highest BCUT2D eigenvalue weighted by Gasteiger charge is 1.92. The highest BCUT2D eigenvalue weighted by molar-refractivity contribution is 5.77. The van der Waals surface area contributed by atoms with E-state index in [1.54, 1.807) is 6.92 Å². The molecular formula is C10H19FN2O2. The van der Waals surface area contributed by atoms with E-state index >= 15 is 0 Å². The van der Waals surface area contributed by atoms with E-state index in [-0.39, 0.29) is 6.42 Å². The normalized spacial score (nSPS) is 11.0. The lowest BCUT2D eigenvalue weighted by Crippen LogP contribution is -2.04. The van der Waals surface area contributed by atoms with Crippen LogP contribution in [-0.2, 0) is 4.79 Å². The fourth-order valence-corrected chi connectivity index (χ4v) is 0.684. The molecular weight excluding hydrogens is 199 g/mol. The highest BCUT2D eigenvalue weighted by Crippen LogP contribution is 1.95. The van der Waals surface area contributed by atoms with Gasteiger partial charge in [0.2, 0.25) is 0 Å². The number of carboxylic acids is 1. The van der Waals surface area contributed by atoms with Crippen LogP contribution in [0, 0.1) is 0 Å². The first-order chi connectivity index (χ1) is 7.04. The Balaban J connectivity index is 0. The van der Waals surface area contributed by atoms with Crippen LogP contribution in [0.4, 0.5) is 4.39 Å². The monoisotopic (exact) mass is 218 g/mol. The summed E-state index contributed by atoms with van der Waals surface area (Å²) in [6, 6.07) is 0. The summed E-state index contributed by atoms with van der Waals surface area (Å²) in [5, 5.41) is 8.09. The van der Waals surface area contributed by atoms with Crippen LogP contribution in [-0.4, -0.2) is 23.5 Å². The van der Waals surface area contributed by atoms with Gasteiger partial charge in [0.1, 0.15) is 0 Å². The number of hydrogen-bond donors (Lipinski definition) is 2. The Morgan fingerprint density at radius 1 is 1.60 bits per heavy atom. The zero-order valence-electron chi connectivity index (χ0n) is 9.24. The van der Waals surface area contributed by atoms with Crippen molar-refractivity contribution in [1.29, 1.82) is 0 Å². The molecule has 15 heavy (non-hydrogen) atoms. The van der Waals surface area contributed by atoms with E-state index in [1.807, 2.05) is 6.92 Å². The van der Waals surface area contributed by atoms with Crippen LogP contribution in [0.3, 0.4) is 0 Å². The molecule has 0 aromatic heterocycles. The molecule has 0 fully saturated rings. The number of hydrogen-bond acceptors (Lipinski definition) is 2. The minimum absolute atomic E-state index is 0.115. The first-order valence-electron chi connectivity index (χ1n) is 4.78. The van der Waals surface area contributed by atoms with Crippen molar-refractivity contribution in [3.8, 4) is 0 Å². The Morgan fingerprint density at radius 3 is 2.47 bits per heavy atom. The third-order valence-corrected chi connectivity index (χ3v) is 1.26. The standard InChI is InChI=1S/C6H9FO2.C4H10N2/c7-5-3-1-2-4-6(8)9;1-3-6-4(2)5/h3,5H,1-2,4H2,(H,8,9);3H2,1-2H3,(H2,5,6)/b5-3+;. The topological polar surface area (TPSA) is 75.7 Å². The number of halogens is 1. The van der Waals surface area contributed by atoms with Crippen LogP contribution in [0.1, 0.15) is 33.1 Å². The number of amidine groups is 1. The molecule has 0 unspecified atom stereocenters. The molecule has 0 aliphatic heterocycles. The Hall–Kier alpha value is -1.39. The molecule has 0 saturated heterocycles. The van der Waals surface area contributed by atoms with Crippen molar-refractivity contribution >= 4 is 11.8 Å². The van der Waals surface area contributed by atoms with Gasteiger partial charge in [0.05, 0.1) is 12.2 Å². The molecule has 5 heteroatoms. The zero-order chi connectivity index (χ0) is 12.1. The van der Waals surface area contributed by atoms with Crippen molar-refractivity contribution in [3.63, 3.8) is 0 Å². The SMILES string of the molecule is CCN=C(C)N.O=C(O)CCC/C=C/F. The summed E-state index contributed by atoms with van der Waals surface area (Å²) < 4.78 is 11.2. The van der Waals surface area contributed by atoms with Gasteiger partial charge in [-0.25, -0.2) is 4.39 Å². The fraction of sp³-hybridized carbons (Fsp3) is 0.600. The quantitative estimate of drug-likeness (QED) is 0.421. The smallest absolute Gasteiger partial charge is 0.303 e. The summed E-state index contributed by atoms with van der Waals surface area (Å²) in [7, 11) is 0. The molecule has 0 aromatic rings. The second kappa shape index (κ2) is 12.6. The van der Waals surface area contributed by atoms with Crippen LogP contribution in [0.15, 0.2) is 17.4 Å². The molecule has 0 radical (unpaired) electrons. The lowest BCUT2D eigenvalue weighted by molar-refractivity contribution is -0.137. The maximum atomic E-state index is 11.2. The summed E-state index contributed by atoms with van der Waals surface area (Å²) in [6.07, 6.45) is 2.87. The largest absolute Gasteiger partial charge is 0.481 e. The van der Waals surface area contributed by atoms with E-state index in [1.165, 1.54) is 6.08 Å². The molecule has 0 saturated carbocycles. The van der Waals surface area contributed by atoms with E-state index in [0.717, 1.165) is 6.54 Å². The maximum absolute atomic E-state index is 11.2. The van der Waals surface area contributed by atoms with E-state index in [0.29, 0.717) is 25.0 Å². The molecule has 0 aliphatic carbocycles. The number of carboxylic acid groups (broad SMARTS) is 1. The van der Waals surface area contributed by atoms with Gasteiger partial charge < -0.3 is 10.8 Å². The molecule has 88 valence electrons. The Morgan fingerprint density at radius 2 is 2.20 bits per heavy atom. The second-order valence-corrected chi connectivity index (χ2v) is 2.76. The van der Waals surface area contributed by atoms with Crippen molar-refractivity contribution in [1.82, 2.24) is 0 Å². The molecule has 0 bridgehead atoms. The van der Waals surface area contributed by atoms with Crippen LogP contribution >= 0.6 is 0 Å². The van der Waals surface area contributed by atoms with Gasteiger partial charge in [-0.1, -0.05) is 6.08 Å². The van der Waals surface area contributed by atoms with E-state index in [2.05, 4.69) is 4.99 Å². The number of nitrogens with two attached hydrogens (primary N) is 1. The third-order valence-electron chi connectivity index (χ3n) is 1.26. The predicted molar refractivity (Wildman–Crippen MR) is 59.6 cm³/mol. The Labute approximate surface area is 89.7 Å². The Bertz CT molecular complexity index is 211. The van der Waals surface area contributed by atoms with Gasteiger partial charge in [0, 0.05) is 13.0 Å². The number of unbranched alkanes of at least 4 members (excludes halogenated alkanes) is 1. The van der Waals surface area contributed by atoms with E-state index in [4.69, 9.17) is 10.8 Å². The van der Waals surface area contributed by atoms with Gasteiger partial charge in [-0.3, -0.25) is 9.79 Å². The van der Waals surface area contributed by atoms with Crippen molar-refractivity contribution in [2.24, 2.45) is 10.7 Å². The first-order valence-corrected chi connectivity index (χ1v) is 4.78. The lowest BCUT2D eigenvalue weighted by atomic mass is 10.2. The minimum atomic E-state index is -0.831. The summed E-state index contributed by atoms with van der Waals surface area (Å²) in [5.41, 5.74) is 5.15. The predicted octanol–water partition coefficient (Wildman–Crippen LogP) is 2.11. The van der Waals surface area contributed by atoms with Gasteiger partial charge in [0.25, 0.3) is 0 Å². The summed E-state index contributed by atoms with van der Waals surface area (Å²) in [5.74, 6) is -0.167. The van der Waals surface area contributed by atoms with Gasteiger partial charge in [0.15, 0.2) is 0 Å². The maximum Gasteiger partial charge on any atom is 0.303 e. The Kier molecular flexibility index (Phi) is 13.5. The number of aliphatic carboxylic acids is 1. The molecule has 0 heterocycles. The molecule has 0 aliphatic rings. The fourth-order valence-electron chi connectivity index (χ4n) is 0.684. The highest BCUT2D eigenvalue weighted by atomic mass is 19.1. The minimum Gasteiger partial charge on any atom is -0.481 e. The van der Waals surface area contributed by atoms with E-state index < -0.39 is 5.97 Å². The number of allylic oxidation sites excluding steroid dienone is 1. The summed E-state index contributed by atoms with van der Waals surface area (Å²) in [4.78, 5) is 13.7. The second-order valence-electron chi connectivity index (χ2n) is 2.76. The lowest BCUT2D eigenvalue weighted by Gasteiger charge is -1.87. The molecule has 3 N–H and O–H groups in total. The average Bonchev–Trinajstić information content (AvgIpc) is 2.13. The summed E-state index contributed by atoms with van der Waals surface area (Å²) in [6.45, 7) is 4.53. The van der Waals surface area contributed by atoms with Crippen LogP contribution in [0.25, 0.3) is 0 Å². The zero-order valence-corrected chi connectivity index (χ0v) is 9.24. The van der Waals surface area contributed by atoms with Crippen molar-refractivity contribution in [2.75, 3.05) is 6.54 Å². The van der Waals surface area contributed by atoms with Crippen molar-refractivity contribution in [3.05, 3.63) is 12.4 Å². The molecule has 4 nitrogen and oxygen atoms in total. The number of rotatable bonds is 5. The van der Waals surface area contributed by atoms with Gasteiger partial charge in [-0.05, 0) is 26.7 Å². The molecule has 0 rings (SSSR count). The van der Waals surface area contributed by atoms with Gasteiger partial charge in [-0.15, -0.1) is 0 Å². The van der Waals surface area contributed by atoms with Gasteiger partial charge in [-0.2, -0.15) is 0 Å². The third kappa shape index (κ3) is 24.5. The molecule has 0 aromatic carbocycles. The van der Waals surface area contributed by atoms with Crippen LogP contribution in [0.2, 0.25) is 0 Å². The number of nitrogens with zero attached hydrogens (tertiary/aromatic N) is 1. The average molecular weight is 218 g/mol. The van der Waals surface area contributed by atoms with Crippen LogP contribution < -0.4 is 5.73 Å². The molecule has 0 amide bonds. The van der Waals surface area contributed by atoms with Crippen molar-refractivity contribution < 1.29 is 14.3 Å².